The minimum Gasteiger partial charge on any atom is -0.429 e. The molecule has 3 saturated carbocycles. The first kappa shape index (κ1) is 23.9. The molecule has 32 heavy (non-hydrogen) atoms. The normalized spacial score (nSPS) is 34.3. The molecule has 0 atom stereocenters. The standard InChI is InChI=1S/C27H38F4O/c1-17-3-7-19(8-4-17)20-11-13-22(14-12-20)27(30,31)32-24-16-15-23(25(28)26(24)29)21-9-5-18(2)6-10-21/h15-22H,3-14H2,1-2H3. The highest BCUT2D eigenvalue weighted by molar-refractivity contribution is 5.33. The van der Waals surface area contributed by atoms with Crippen LogP contribution in [0.25, 0.3) is 0 Å². The molecule has 3 aliphatic carbocycles. The zero-order valence-electron chi connectivity index (χ0n) is 19.5. The van der Waals surface area contributed by atoms with Crippen molar-refractivity contribution < 1.29 is 22.3 Å². The maximum absolute atomic E-state index is 14.9. The predicted molar refractivity (Wildman–Crippen MR) is 119 cm³/mol. The Balaban J connectivity index is 1.36. The van der Waals surface area contributed by atoms with Gasteiger partial charge in [-0.15, -0.1) is 0 Å². The largest absolute Gasteiger partial charge is 0.429 e. The number of ether oxygens (including phenoxy) is 1. The van der Waals surface area contributed by atoms with Gasteiger partial charge < -0.3 is 4.74 Å². The van der Waals surface area contributed by atoms with Crippen LogP contribution in [-0.2, 0) is 0 Å². The number of hydrogen-bond donors (Lipinski definition) is 0. The Hall–Kier alpha value is -1.26. The van der Waals surface area contributed by atoms with Crippen molar-refractivity contribution in [2.75, 3.05) is 0 Å². The number of hydrogen-bond acceptors (Lipinski definition) is 1. The van der Waals surface area contributed by atoms with E-state index in [2.05, 4.69) is 13.8 Å². The highest BCUT2D eigenvalue weighted by Gasteiger charge is 2.45. The summed E-state index contributed by atoms with van der Waals surface area (Å²) in [7, 11) is 0. The van der Waals surface area contributed by atoms with Crippen LogP contribution in [0.4, 0.5) is 17.6 Å². The fourth-order valence-corrected chi connectivity index (χ4v) is 6.43. The summed E-state index contributed by atoms with van der Waals surface area (Å²) in [5.41, 5.74) is 0.298. The summed E-state index contributed by atoms with van der Waals surface area (Å²) in [4.78, 5) is 0. The van der Waals surface area contributed by atoms with Crippen LogP contribution in [-0.4, -0.2) is 6.11 Å². The summed E-state index contributed by atoms with van der Waals surface area (Å²) in [5, 5.41) is 0. The molecule has 1 aromatic rings. The lowest BCUT2D eigenvalue weighted by atomic mass is 9.69. The van der Waals surface area contributed by atoms with E-state index in [4.69, 9.17) is 4.74 Å². The summed E-state index contributed by atoms with van der Waals surface area (Å²) >= 11 is 0. The fraction of sp³-hybridized carbons (Fsp3) is 0.778. The Bertz CT molecular complexity index is 755. The molecule has 180 valence electrons. The topological polar surface area (TPSA) is 9.23 Å². The summed E-state index contributed by atoms with van der Waals surface area (Å²) in [6.07, 6.45) is 7.29. The van der Waals surface area contributed by atoms with Crippen molar-refractivity contribution in [1.82, 2.24) is 0 Å². The molecular weight excluding hydrogens is 416 g/mol. The van der Waals surface area contributed by atoms with Crippen molar-refractivity contribution in [3.05, 3.63) is 29.3 Å². The van der Waals surface area contributed by atoms with Gasteiger partial charge in [-0.2, -0.15) is 13.2 Å². The van der Waals surface area contributed by atoms with Gasteiger partial charge in [0, 0.05) is 0 Å². The van der Waals surface area contributed by atoms with Gasteiger partial charge in [0.15, 0.2) is 11.6 Å². The van der Waals surface area contributed by atoms with Crippen LogP contribution < -0.4 is 4.74 Å². The molecule has 1 aromatic carbocycles. The third-order valence-electron chi connectivity index (χ3n) is 8.75. The van der Waals surface area contributed by atoms with Gasteiger partial charge in [0.05, 0.1) is 5.92 Å². The van der Waals surface area contributed by atoms with E-state index in [1.54, 1.807) is 0 Å². The van der Waals surface area contributed by atoms with Crippen molar-refractivity contribution in [1.29, 1.82) is 0 Å². The first-order valence-corrected chi connectivity index (χ1v) is 12.8. The second-order valence-electron chi connectivity index (χ2n) is 11.0. The van der Waals surface area contributed by atoms with Crippen LogP contribution in [0.15, 0.2) is 12.1 Å². The zero-order valence-corrected chi connectivity index (χ0v) is 19.5. The Morgan fingerprint density at radius 3 is 1.75 bits per heavy atom. The van der Waals surface area contributed by atoms with Crippen molar-refractivity contribution in [3.8, 4) is 5.75 Å². The molecule has 0 aromatic heterocycles. The first-order valence-electron chi connectivity index (χ1n) is 12.8. The summed E-state index contributed by atoms with van der Waals surface area (Å²) in [5.74, 6) is -1.40. The predicted octanol–water partition coefficient (Wildman–Crippen LogP) is 8.86. The van der Waals surface area contributed by atoms with E-state index in [1.165, 1.54) is 37.8 Å². The average molecular weight is 455 g/mol. The number of alkyl halides is 2. The minimum atomic E-state index is -3.49. The van der Waals surface area contributed by atoms with Crippen molar-refractivity contribution >= 4 is 0 Å². The molecule has 0 amide bonds. The molecule has 0 heterocycles. The van der Waals surface area contributed by atoms with E-state index < -0.39 is 29.4 Å². The number of halogens is 4. The molecule has 0 unspecified atom stereocenters. The van der Waals surface area contributed by atoms with Crippen molar-refractivity contribution in [2.45, 2.75) is 103 Å². The maximum Gasteiger partial charge on any atom is 0.400 e. The second kappa shape index (κ2) is 9.93. The third kappa shape index (κ3) is 5.28. The molecule has 4 rings (SSSR count). The molecule has 3 fully saturated rings. The van der Waals surface area contributed by atoms with Crippen molar-refractivity contribution in [2.24, 2.45) is 29.6 Å². The molecule has 0 saturated heterocycles. The SMILES string of the molecule is CC1CCC(c2ccc(OC(F)(F)C3CCC(C4CCC(C)CC4)CC3)c(F)c2F)CC1. The quantitative estimate of drug-likeness (QED) is 0.404. The van der Waals surface area contributed by atoms with Gasteiger partial charge in [-0.25, -0.2) is 4.39 Å². The third-order valence-corrected chi connectivity index (χ3v) is 8.75. The molecule has 0 aliphatic heterocycles. The lowest BCUT2D eigenvalue weighted by Gasteiger charge is -2.38. The molecule has 0 bridgehead atoms. The highest BCUT2D eigenvalue weighted by atomic mass is 19.3. The Morgan fingerprint density at radius 1 is 0.688 bits per heavy atom. The van der Waals surface area contributed by atoms with E-state index in [9.17, 15) is 17.6 Å². The van der Waals surface area contributed by atoms with Gasteiger partial charge in [-0.1, -0.05) is 45.6 Å². The Morgan fingerprint density at radius 2 is 1.19 bits per heavy atom. The van der Waals surface area contributed by atoms with Crippen LogP contribution in [0, 0.1) is 41.2 Å². The van der Waals surface area contributed by atoms with Gasteiger partial charge in [0.2, 0.25) is 5.82 Å². The monoisotopic (exact) mass is 454 g/mol. The summed E-state index contributed by atoms with van der Waals surface area (Å²) < 4.78 is 64.1. The van der Waals surface area contributed by atoms with E-state index in [0.717, 1.165) is 44.4 Å². The van der Waals surface area contributed by atoms with Gasteiger partial charge in [-0.05, 0) is 92.6 Å². The van der Waals surface area contributed by atoms with E-state index in [0.29, 0.717) is 36.2 Å². The van der Waals surface area contributed by atoms with E-state index in [-0.39, 0.29) is 5.92 Å². The molecule has 5 heteroatoms. The summed E-state index contributed by atoms with van der Waals surface area (Å²) in [6, 6.07) is 2.65. The average Bonchev–Trinajstić information content (AvgIpc) is 2.78. The first-order chi connectivity index (χ1) is 15.2. The van der Waals surface area contributed by atoms with Gasteiger partial charge in [0.25, 0.3) is 0 Å². The van der Waals surface area contributed by atoms with Crippen LogP contribution in [0.5, 0.6) is 5.75 Å². The Labute approximate surface area is 190 Å². The maximum atomic E-state index is 14.9. The van der Waals surface area contributed by atoms with Gasteiger partial charge in [0.1, 0.15) is 0 Å². The lowest BCUT2D eigenvalue weighted by molar-refractivity contribution is -0.225. The zero-order chi connectivity index (χ0) is 22.9. The van der Waals surface area contributed by atoms with Crippen LogP contribution >= 0.6 is 0 Å². The van der Waals surface area contributed by atoms with Crippen LogP contribution in [0.1, 0.15) is 102 Å². The second-order valence-corrected chi connectivity index (χ2v) is 11.0. The molecule has 1 nitrogen and oxygen atoms in total. The fourth-order valence-electron chi connectivity index (χ4n) is 6.43. The van der Waals surface area contributed by atoms with E-state index in [1.807, 2.05) is 0 Å². The van der Waals surface area contributed by atoms with E-state index >= 15 is 0 Å². The molecule has 0 radical (unpaired) electrons. The Kier molecular flexibility index (Phi) is 7.41. The molecule has 0 spiro atoms. The van der Waals surface area contributed by atoms with Gasteiger partial charge >= 0.3 is 6.11 Å². The molecule has 0 N–H and O–H groups in total. The minimum absolute atomic E-state index is 0.0479. The smallest absolute Gasteiger partial charge is 0.400 e. The van der Waals surface area contributed by atoms with Crippen molar-refractivity contribution in [3.63, 3.8) is 0 Å². The van der Waals surface area contributed by atoms with Crippen LogP contribution in [0.2, 0.25) is 0 Å². The number of rotatable bonds is 5. The van der Waals surface area contributed by atoms with Gasteiger partial charge in [-0.3, -0.25) is 0 Å². The molecule has 3 aliphatic rings. The van der Waals surface area contributed by atoms with Crippen LogP contribution in [0.3, 0.4) is 0 Å². The number of benzene rings is 1. The highest BCUT2D eigenvalue weighted by Crippen LogP contribution is 2.46. The summed E-state index contributed by atoms with van der Waals surface area (Å²) in [6.45, 7) is 4.45. The lowest BCUT2D eigenvalue weighted by Crippen LogP contribution is -2.38. The molecular formula is C27H38F4O.